The molecule has 1 atom stereocenters. The summed E-state index contributed by atoms with van der Waals surface area (Å²) in [7, 11) is 0. The monoisotopic (exact) mass is 386 g/mol. The van der Waals surface area contributed by atoms with Gasteiger partial charge in [-0.2, -0.15) is 0 Å². The number of carbonyl (C=O) groups excluding carboxylic acids is 1. The van der Waals surface area contributed by atoms with Crippen LogP contribution >= 0.6 is 11.8 Å². The van der Waals surface area contributed by atoms with Crippen molar-refractivity contribution in [1.29, 1.82) is 0 Å². The molecule has 3 rings (SSSR count). The molecular formula is C21H26N2O3S. The van der Waals surface area contributed by atoms with Crippen molar-refractivity contribution >= 4 is 17.7 Å². The van der Waals surface area contributed by atoms with E-state index in [0.717, 1.165) is 36.5 Å². The van der Waals surface area contributed by atoms with Crippen molar-refractivity contribution in [1.82, 2.24) is 9.88 Å². The Bertz CT molecular complexity index is 714. The third-order valence-electron chi connectivity index (χ3n) is 5.01. The number of hydrogen-bond acceptors (Lipinski definition) is 5. The van der Waals surface area contributed by atoms with Gasteiger partial charge in [0.1, 0.15) is 5.75 Å². The van der Waals surface area contributed by atoms with Crippen molar-refractivity contribution in [2.24, 2.45) is 5.41 Å². The molecular weight excluding hydrogens is 360 g/mol. The highest BCUT2D eigenvalue weighted by molar-refractivity contribution is 8.00. The van der Waals surface area contributed by atoms with Crippen LogP contribution < -0.4 is 4.74 Å². The summed E-state index contributed by atoms with van der Waals surface area (Å²) < 4.78 is 5.81. The van der Waals surface area contributed by atoms with Gasteiger partial charge in [-0.05, 0) is 43.5 Å². The van der Waals surface area contributed by atoms with E-state index in [-0.39, 0.29) is 17.9 Å². The van der Waals surface area contributed by atoms with Crippen molar-refractivity contribution in [3.63, 3.8) is 0 Å². The second-order valence-corrected chi connectivity index (χ2v) is 8.01. The first kappa shape index (κ1) is 19.7. The van der Waals surface area contributed by atoms with E-state index in [4.69, 9.17) is 4.74 Å². The second-order valence-electron chi connectivity index (χ2n) is 6.96. The maximum absolute atomic E-state index is 12.6. The van der Waals surface area contributed by atoms with Gasteiger partial charge < -0.3 is 14.7 Å². The quantitative estimate of drug-likeness (QED) is 0.706. The summed E-state index contributed by atoms with van der Waals surface area (Å²) in [6.45, 7) is 1.97. The molecule has 1 amide bonds. The summed E-state index contributed by atoms with van der Waals surface area (Å²) in [6, 6.07) is 13.5. The standard InChI is InChI=1S/C21H26N2O3S/c24-17-21(10-14-26-18-5-2-1-3-6-18)9-4-13-23(16-21)20(25)15-27-19-7-11-22-12-8-19/h1-3,5-8,11-12,24H,4,9-10,13-17H2/t21-/m1/s1. The molecule has 1 saturated heterocycles. The molecule has 27 heavy (non-hydrogen) atoms. The van der Waals surface area contributed by atoms with Crippen LogP contribution in [0.5, 0.6) is 5.75 Å². The molecule has 0 unspecified atom stereocenters. The number of benzene rings is 1. The van der Waals surface area contributed by atoms with Crippen LogP contribution in [-0.2, 0) is 4.79 Å². The number of ether oxygens (including phenoxy) is 1. The van der Waals surface area contributed by atoms with Gasteiger partial charge in [0.05, 0.1) is 19.0 Å². The number of rotatable bonds is 8. The fourth-order valence-electron chi connectivity index (χ4n) is 3.41. The van der Waals surface area contributed by atoms with Gasteiger partial charge in [0.25, 0.3) is 0 Å². The first-order valence-electron chi connectivity index (χ1n) is 9.30. The minimum Gasteiger partial charge on any atom is -0.494 e. The van der Waals surface area contributed by atoms with Gasteiger partial charge in [-0.25, -0.2) is 0 Å². The number of aliphatic hydroxyl groups is 1. The number of aliphatic hydroxyl groups excluding tert-OH is 1. The molecule has 0 aliphatic carbocycles. The van der Waals surface area contributed by atoms with Crippen LogP contribution in [0.25, 0.3) is 0 Å². The highest BCUT2D eigenvalue weighted by atomic mass is 32.2. The van der Waals surface area contributed by atoms with Gasteiger partial charge in [-0.1, -0.05) is 18.2 Å². The molecule has 0 radical (unpaired) electrons. The molecule has 1 aromatic carbocycles. The number of amides is 1. The Morgan fingerprint density at radius 1 is 1.22 bits per heavy atom. The SMILES string of the molecule is O=C(CSc1ccncc1)N1CCC[C@@](CO)(CCOc2ccccc2)C1. The zero-order chi connectivity index (χ0) is 19.0. The molecule has 0 spiro atoms. The number of piperidine rings is 1. The maximum atomic E-state index is 12.6. The van der Waals surface area contributed by atoms with Crippen molar-refractivity contribution in [3.8, 4) is 5.75 Å². The second kappa shape index (κ2) is 9.76. The number of pyridine rings is 1. The summed E-state index contributed by atoms with van der Waals surface area (Å²) in [5.41, 5.74) is -0.274. The highest BCUT2D eigenvalue weighted by Crippen LogP contribution is 2.34. The smallest absolute Gasteiger partial charge is 0.232 e. The predicted molar refractivity (Wildman–Crippen MR) is 107 cm³/mol. The Labute approximate surface area is 164 Å². The molecule has 5 nitrogen and oxygen atoms in total. The van der Waals surface area contributed by atoms with Crippen molar-refractivity contribution in [2.75, 3.05) is 32.1 Å². The van der Waals surface area contributed by atoms with Crippen molar-refractivity contribution in [2.45, 2.75) is 24.2 Å². The van der Waals surface area contributed by atoms with Crippen LogP contribution in [-0.4, -0.2) is 53.0 Å². The number of nitrogens with zero attached hydrogens (tertiary/aromatic N) is 2. The zero-order valence-electron chi connectivity index (χ0n) is 15.4. The summed E-state index contributed by atoms with van der Waals surface area (Å²) in [4.78, 5) is 19.6. The Morgan fingerprint density at radius 3 is 2.74 bits per heavy atom. The van der Waals surface area contributed by atoms with Gasteiger partial charge >= 0.3 is 0 Å². The fourth-order valence-corrected chi connectivity index (χ4v) is 4.19. The lowest BCUT2D eigenvalue weighted by atomic mass is 9.78. The summed E-state index contributed by atoms with van der Waals surface area (Å²) in [6.07, 6.45) is 6.04. The Hall–Kier alpha value is -2.05. The molecule has 1 aliphatic heterocycles. The van der Waals surface area contributed by atoms with Crippen molar-refractivity contribution in [3.05, 3.63) is 54.9 Å². The van der Waals surface area contributed by atoms with Crippen LogP contribution in [0.15, 0.2) is 59.8 Å². The van der Waals surface area contributed by atoms with E-state index in [2.05, 4.69) is 4.98 Å². The van der Waals surface area contributed by atoms with Gasteiger partial charge in [-0.15, -0.1) is 11.8 Å². The van der Waals surface area contributed by atoms with E-state index >= 15 is 0 Å². The maximum Gasteiger partial charge on any atom is 0.232 e. The molecule has 6 heteroatoms. The first-order valence-corrected chi connectivity index (χ1v) is 10.3. The number of para-hydroxylation sites is 1. The average Bonchev–Trinajstić information content (AvgIpc) is 2.74. The summed E-state index contributed by atoms with van der Waals surface area (Å²) in [5.74, 6) is 1.37. The van der Waals surface area contributed by atoms with E-state index < -0.39 is 0 Å². The lowest BCUT2D eigenvalue weighted by Crippen LogP contribution is -2.49. The predicted octanol–water partition coefficient (Wildman–Crippen LogP) is 3.24. The minimum absolute atomic E-state index is 0.0758. The molecule has 1 aliphatic rings. The number of likely N-dealkylation sites (tertiary alicyclic amines) is 1. The van der Waals surface area contributed by atoms with E-state index in [1.54, 1.807) is 12.4 Å². The Kier molecular flexibility index (Phi) is 7.12. The topological polar surface area (TPSA) is 62.7 Å². The van der Waals surface area contributed by atoms with E-state index in [9.17, 15) is 9.90 Å². The van der Waals surface area contributed by atoms with Crippen LogP contribution in [0.2, 0.25) is 0 Å². The molecule has 0 saturated carbocycles. The Balaban J connectivity index is 1.51. The van der Waals surface area contributed by atoms with Crippen LogP contribution in [0, 0.1) is 5.41 Å². The summed E-state index contributed by atoms with van der Waals surface area (Å²) in [5, 5.41) is 10.0. The third-order valence-corrected chi connectivity index (χ3v) is 6.00. The zero-order valence-corrected chi connectivity index (χ0v) is 16.2. The molecule has 2 heterocycles. The summed E-state index contributed by atoms with van der Waals surface area (Å²) >= 11 is 1.53. The van der Waals surface area contributed by atoms with Gasteiger partial charge in [0.2, 0.25) is 5.91 Å². The Morgan fingerprint density at radius 2 is 2.00 bits per heavy atom. The third kappa shape index (κ3) is 5.71. The highest BCUT2D eigenvalue weighted by Gasteiger charge is 2.36. The van der Waals surface area contributed by atoms with Gasteiger partial charge in [-0.3, -0.25) is 9.78 Å². The average molecular weight is 387 g/mol. The molecule has 0 bridgehead atoms. The van der Waals surface area contributed by atoms with E-state index in [1.165, 1.54) is 11.8 Å². The number of aromatic nitrogens is 1. The van der Waals surface area contributed by atoms with E-state index in [0.29, 0.717) is 18.9 Å². The molecule has 1 fully saturated rings. The van der Waals surface area contributed by atoms with Crippen LogP contribution in [0.1, 0.15) is 19.3 Å². The molecule has 2 aromatic rings. The number of thioether (sulfide) groups is 1. The largest absolute Gasteiger partial charge is 0.494 e. The number of hydrogen-bond donors (Lipinski definition) is 1. The molecule has 1 aromatic heterocycles. The molecule has 144 valence electrons. The minimum atomic E-state index is -0.274. The first-order chi connectivity index (χ1) is 13.2. The fraction of sp³-hybridized carbons (Fsp3) is 0.429. The number of carbonyl (C=O) groups is 1. The van der Waals surface area contributed by atoms with Gasteiger partial charge in [0, 0.05) is 35.8 Å². The lowest BCUT2D eigenvalue weighted by molar-refractivity contribution is -0.133. The van der Waals surface area contributed by atoms with Crippen LogP contribution in [0.4, 0.5) is 0 Å². The van der Waals surface area contributed by atoms with Gasteiger partial charge in [0.15, 0.2) is 0 Å². The van der Waals surface area contributed by atoms with Crippen LogP contribution in [0.3, 0.4) is 0 Å². The van der Waals surface area contributed by atoms with E-state index in [1.807, 2.05) is 47.4 Å². The molecule has 1 N–H and O–H groups in total. The lowest BCUT2D eigenvalue weighted by Gasteiger charge is -2.41. The van der Waals surface area contributed by atoms with Crippen molar-refractivity contribution < 1.29 is 14.6 Å². The normalized spacial score (nSPS) is 19.7.